The Kier molecular flexibility index (Phi) is 4.91. The molecule has 15 heavy (non-hydrogen) atoms. The van der Waals surface area contributed by atoms with Crippen LogP contribution in [-0.4, -0.2) is 5.78 Å². The summed E-state index contributed by atoms with van der Waals surface area (Å²) in [6.07, 6.45) is 2.25. The zero-order valence-electron chi connectivity index (χ0n) is 8.32. The molecule has 82 valence electrons. The number of halogens is 3. The Labute approximate surface area is 104 Å². The fourth-order valence-corrected chi connectivity index (χ4v) is 1.98. The van der Waals surface area contributed by atoms with Crippen LogP contribution in [0.2, 0.25) is 15.1 Å². The lowest BCUT2D eigenvalue weighted by Gasteiger charge is -2.06. The highest BCUT2D eigenvalue weighted by molar-refractivity contribution is 6.46. The summed E-state index contributed by atoms with van der Waals surface area (Å²) in [5.41, 5.74) is 0.347. The molecule has 0 saturated heterocycles. The van der Waals surface area contributed by atoms with Gasteiger partial charge in [-0.1, -0.05) is 48.1 Å². The highest BCUT2D eigenvalue weighted by Gasteiger charge is 2.16. The predicted octanol–water partition coefficient (Wildman–Crippen LogP) is 5.02. The fourth-order valence-electron chi connectivity index (χ4n) is 1.25. The maximum atomic E-state index is 11.8. The van der Waals surface area contributed by atoms with Crippen molar-refractivity contribution in [2.75, 3.05) is 0 Å². The van der Waals surface area contributed by atoms with Gasteiger partial charge in [0, 0.05) is 6.42 Å². The summed E-state index contributed by atoms with van der Waals surface area (Å²) in [7, 11) is 0. The molecular formula is C11H11Cl3O. The Morgan fingerprint density at radius 1 is 1.20 bits per heavy atom. The molecule has 1 nitrogen and oxygen atoms in total. The van der Waals surface area contributed by atoms with E-state index >= 15 is 0 Å². The van der Waals surface area contributed by atoms with Crippen molar-refractivity contribution in [3.63, 3.8) is 0 Å². The second kappa shape index (κ2) is 5.74. The van der Waals surface area contributed by atoms with Gasteiger partial charge in [-0.3, -0.25) is 4.79 Å². The predicted molar refractivity (Wildman–Crippen MR) is 65.3 cm³/mol. The molecule has 0 N–H and O–H groups in total. The molecular weight excluding hydrogens is 254 g/mol. The summed E-state index contributed by atoms with van der Waals surface area (Å²) in [4.78, 5) is 11.8. The molecule has 1 aromatic rings. The largest absolute Gasteiger partial charge is 0.294 e. The first-order chi connectivity index (χ1) is 7.07. The molecule has 1 aromatic carbocycles. The lowest BCUT2D eigenvalue weighted by molar-refractivity contribution is 0.0980. The quantitative estimate of drug-likeness (QED) is 0.552. The van der Waals surface area contributed by atoms with Crippen molar-refractivity contribution in [1.82, 2.24) is 0 Å². The number of hydrogen-bond acceptors (Lipinski definition) is 1. The van der Waals surface area contributed by atoms with Crippen molar-refractivity contribution in [3.05, 3.63) is 32.8 Å². The molecule has 4 heteroatoms. The van der Waals surface area contributed by atoms with E-state index in [1.807, 2.05) is 6.92 Å². The van der Waals surface area contributed by atoms with Crippen LogP contribution >= 0.6 is 34.8 Å². The van der Waals surface area contributed by atoms with Crippen molar-refractivity contribution < 1.29 is 4.79 Å². The third-order valence-electron chi connectivity index (χ3n) is 2.08. The Balaban J connectivity index is 3.02. The zero-order valence-corrected chi connectivity index (χ0v) is 10.6. The summed E-state index contributed by atoms with van der Waals surface area (Å²) in [5, 5.41) is 0.983. The number of Topliss-reactive ketones (excluding diaryl/α,β-unsaturated/α-hetero) is 1. The lowest BCUT2D eigenvalue weighted by atomic mass is 10.1. The topological polar surface area (TPSA) is 17.1 Å². The molecule has 0 spiro atoms. The molecule has 0 fully saturated rings. The summed E-state index contributed by atoms with van der Waals surface area (Å²) in [5.74, 6) is -0.0469. The standard InChI is InChI=1S/C11H11Cl3O/c1-2-3-4-9(15)10-7(12)5-6-8(13)11(10)14/h5-6H,2-4H2,1H3. The highest BCUT2D eigenvalue weighted by atomic mass is 35.5. The summed E-state index contributed by atoms with van der Waals surface area (Å²) < 4.78 is 0. The average Bonchev–Trinajstić information content (AvgIpc) is 2.21. The van der Waals surface area contributed by atoms with Crippen LogP contribution < -0.4 is 0 Å². The second-order valence-electron chi connectivity index (χ2n) is 3.24. The minimum atomic E-state index is -0.0469. The van der Waals surface area contributed by atoms with Gasteiger partial charge in [0.1, 0.15) is 0 Å². The molecule has 0 radical (unpaired) electrons. The molecule has 0 unspecified atom stereocenters. The van der Waals surface area contributed by atoms with Gasteiger partial charge in [-0.2, -0.15) is 0 Å². The van der Waals surface area contributed by atoms with Crippen molar-refractivity contribution in [2.24, 2.45) is 0 Å². The monoisotopic (exact) mass is 264 g/mol. The van der Waals surface area contributed by atoms with E-state index in [4.69, 9.17) is 34.8 Å². The Morgan fingerprint density at radius 3 is 2.40 bits per heavy atom. The van der Waals surface area contributed by atoms with Crippen LogP contribution in [0.4, 0.5) is 0 Å². The minimum Gasteiger partial charge on any atom is -0.294 e. The van der Waals surface area contributed by atoms with E-state index in [1.54, 1.807) is 12.1 Å². The van der Waals surface area contributed by atoms with Crippen LogP contribution in [0.1, 0.15) is 36.5 Å². The van der Waals surface area contributed by atoms with Crippen molar-refractivity contribution in [2.45, 2.75) is 26.2 Å². The smallest absolute Gasteiger partial charge is 0.165 e. The number of carbonyl (C=O) groups excluding carboxylic acids is 1. The van der Waals surface area contributed by atoms with Gasteiger partial charge in [0.2, 0.25) is 0 Å². The SMILES string of the molecule is CCCCC(=O)c1c(Cl)ccc(Cl)c1Cl. The average molecular weight is 266 g/mol. The number of benzene rings is 1. The number of carbonyl (C=O) groups is 1. The highest BCUT2D eigenvalue weighted by Crippen LogP contribution is 2.32. The summed E-state index contributed by atoms with van der Waals surface area (Å²) in [6.45, 7) is 2.02. The molecule has 0 aliphatic rings. The van der Waals surface area contributed by atoms with Crippen molar-refractivity contribution >= 4 is 40.6 Å². The number of ketones is 1. The van der Waals surface area contributed by atoms with Crippen LogP contribution in [0.5, 0.6) is 0 Å². The van der Waals surface area contributed by atoms with E-state index in [1.165, 1.54) is 0 Å². The first kappa shape index (κ1) is 12.8. The van der Waals surface area contributed by atoms with Crippen LogP contribution in [0.25, 0.3) is 0 Å². The molecule has 0 aliphatic carbocycles. The van der Waals surface area contributed by atoms with Gasteiger partial charge in [-0.15, -0.1) is 0 Å². The maximum absolute atomic E-state index is 11.8. The van der Waals surface area contributed by atoms with Gasteiger partial charge in [0.15, 0.2) is 5.78 Å². The van der Waals surface area contributed by atoms with E-state index in [-0.39, 0.29) is 10.8 Å². The van der Waals surface area contributed by atoms with Crippen LogP contribution in [0, 0.1) is 0 Å². The minimum absolute atomic E-state index is 0.0469. The van der Waals surface area contributed by atoms with Crippen molar-refractivity contribution in [3.8, 4) is 0 Å². The Hall–Kier alpha value is -0.240. The summed E-state index contributed by atoms with van der Waals surface area (Å²) >= 11 is 17.7. The molecule has 0 aliphatic heterocycles. The molecule has 0 amide bonds. The fraction of sp³-hybridized carbons (Fsp3) is 0.364. The van der Waals surface area contributed by atoms with Crippen molar-refractivity contribution in [1.29, 1.82) is 0 Å². The zero-order chi connectivity index (χ0) is 11.4. The van der Waals surface area contributed by atoms with Gasteiger partial charge < -0.3 is 0 Å². The third kappa shape index (κ3) is 3.10. The lowest BCUT2D eigenvalue weighted by Crippen LogP contribution is -2.01. The normalized spacial score (nSPS) is 10.4. The van der Waals surface area contributed by atoms with E-state index < -0.39 is 0 Å². The second-order valence-corrected chi connectivity index (χ2v) is 4.44. The molecule has 0 saturated carbocycles. The first-order valence-electron chi connectivity index (χ1n) is 4.74. The number of hydrogen-bond donors (Lipinski definition) is 0. The molecule has 0 atom stereocenters. The molecule has 1 rings (SSSR count). The van der Waals surface area contributed by atoms with Crippen LogP contribution in [-0.2, 0) is 0 Å². The van der Waals surface area contributed by atoms with E-state index in [0.717, 1.165) is 12.8 Å². The summed E-state index contributed by atoms with van der Waals surface area (Å²) in [6, 6.07) is 3.18. The number of unbranched alkanes of at least 4 members (excludes halogenated alkanes) is 1. The van der Waals surface area contributed by atoms with Gasteiger partial charge in [0.25, 0.3) is 0 Å². The molecule has 0 bridgehead atoms. The van der Waals surface area contributed by atoms with Gasteiger partial charge in [-0.05, 0) is 18.6 Å². The van der Waals surface area contributed by atoms with Gasteiger partial charge >= 0.3 is 0 Å². The third-order valence-corrected chi connectivity index (χ3v) is 3.20. The van der Waals surface area contributed by atoms with Crippen LogP contribution in [0.3, 0.4) is 0 Å². The van der Waals surface area contributed by atoms with E-state index in [9.17, 15) is 4.79 Å². The van der Waals surface area contributed by atoms with Gasteiger partial charge in [0.05, 0.1) is 20.6 Å². The van der Waals surface area contributed by atoms with Gasteiger partial charge in [-0.25, -0.2) is 0 Å². The number of rotatable bonds is 4. The van der Waals surface area contributed by atoms with Crippen LogP contribution in [0.15, 0.2) is 12.1 Å². The molecule has 0 aromatic heterocycles. The Morgan fingerprint density at radius 2 is 1.80 bits per heavy atom. The Bertz CT molecular complexity index is 374. The maximum Gasteiger partial charge on any atom is 0.165 e. The first-order valence-corrected chi connectivity index (χ1v) is 5.88. The van der Waals surface area contributed by atoms with E-state index in [0.29, 0.717) is 22.0 Å². The van der Waals surface area contributed by atoms with E-state index in [2.05, 4.69) is 0 Å². The molecule has 0 heterocycles.